The number of rotatable bonds is 14. The lowest BCUT2D eigenvalue weighted by Crippen LogP contribution is -2.65. The number of aromatic amines is 1. The Bertz CT molecular complexity index is 2010. The highest BCUT2D eigenvalue weighted by atomic mass is 19.4. The maximum absolute atomic E-state index is 14.7. The number of nitrogens with one attached hydrogen (secondary N) is 4. The molecule has 54 heavy (non-hydrogen) atoms. The van der Waals surface area contributed by atoms with Gasteiger partial charge in [0, 0.05) is 17.5 Å². The number of aryl methyl sites for hydroxylation is 1. The molecule has 4 aromatic rings. The lowest BCUT2D eigenvalue weighted by molar-refractivity contribution is -0.137. The number of H-pyrrole nitrogens is 1. The Balaban J connectivity index is 1.53. The Kier molecular flexibility index (Phi) is 12.1. The number of halogens is 4. The van der Waals surface area contributed by atoms with E-state index in [0.29, 0.717) is 24.1 Å². The maximum Gasteiger partial charge on any atom is 0.418 e. The lowest BCUT2D eigenvalue weighted by atomic mass is 9.78. The highest BCUT2D eigenvalue weighted by Gasteiger charge is 2.47. The number of benzene rings is 2. The summed E-state index contributed by atoms with van der Waals surface area (Å²) < 4.78 is 66.9. The predicted molar refractivity (Wildman–Crippen MR) is 188 cm³/mol. The van der Waals surface area contributed by atoms with Crippen LogP contribution in [0.3, 0.4) is 0 Å². The van der Waals surface area contributed by atoms with Gasteiger partial charge in [0.25, 0.3) is 5.82 Å². The first-order valence-electron chi connectivity index (χ1n) is 18.0. The number of aromatic nitrogens is 3. The quantitative estimate of drug-likeness (QED) is 0.0911. The Morgan fingerprint density at radius 1 is 1.00 bits per heavy atom. The summed E-state index contributed by atoms with van der Waals surface area (Å²) >= 11 is 0. The number of esters is 1. The van der Waals surface area contributed by atoms with Crippen molar-refractivity contribution in [3.05, 3.63) is 82.4 Å². The van der Waals surface area contributed by atoms with Crippen LogP contribution in [0.25, 0.3) is 10.9 Å². The van der Waals surface area contributed by atoms with Crippen molar-refractivity contribution in [3.8, 4) is 0 Å². The number of carbonyl (C=O) groups excluding carboxylic acids is 4. The highest BCUT2D eigenvalue weighted by molar-refractivity contribution is 5.97. The molecule has 5 rings (SSSR count). The van der Waals surface area contributed by atoms with Crippen LogP contribution in [0.4, 0.5) is 17.6 Å². The average Bonchev–Trinajstić information content (AvgIpc) is 3.78. The number of hydrogen-bond acceptors (Lipinski definition) is 8. The van der Waals surface area contributed by atoms with E-state index in [2.05, 4.69) is 31.1 Å². The van der Waals surface area contributed by atoms with Crippen LogP contribution in [0.15, 0.2) is 47.0 Å². The molecule has 290 valence electrons. The topological polar surface area (TPSA) is 168 Å². The first-order valence-corrected chi connectivity index (χ1v) is 18.0. The van der Waals surface area contributed by atoms with Crippen molar-refractivity contribution < 1.29 is 46.0 Å². The molecule has 1 aliphatic carbocycles. The Labute approximate surface area is 309 Å². The number of hydrogen-bond donors (Lipinski definition) is 4. The molecule has 0 saturated heterocycles. The number of carbonyl (C=O) groups is 4. The van der Waals surface area contributed by atoms with E-state index < -0.39 is 64.8 Å². The molecule has 0 radical (unpaired) electrons. The van der Waals surface area contributed by atoms with Crippen molar-refractivity contribution >= 4 is 34.6 Å². The zero-order valence-electron chi connectivity index (χ0n) is 30.7. The number of fused-ring (bicyclic) bond motifs is 3. The monoisotopic (exact) mass is 756 g/mol. The van der Waals surface area contributed by atoms with Gasteiger partial charge in [-0.2, -0.15) is 18.2 Å². The molecule has 4 N–H and O–H groups in total. The summed E-state index contributed by atoms with van der Waals surface area (Å²) in [6.07, 6.45) is -4.19. The van der Waals surface area contributed by atoms with E-state index in [1.165, 1.54) is 30.3 Å². The fraction of sp³-hybridized carbons (Fsp3) is 0.474. The van der Waals surface area contributed by atoms with Crippen LogP contribution in [0.1, 0.15) is 98.8 Å². The molecular formula is C38H44F4N6O6. The molecule has 3 amide bonds. The van der Waals surface area contributed by atoms with Crippen LogP contribution in [0, 0.1) is 17.7 Å². The summed E-state index contributed by atoms with van der Waals surface area (Å²) in [5.41, 5.74) is -1.70. The van der Waals surface area contributed by atoms with E-state index in [1.807, 2.05) is 20.8 Å². The van der Waals surface area contributed by atoms with Crippen molar-refractivity contribution in [2.75, 3.05) is 6.61 Å². The smallest absolute Gasteiger partial charge is 0.418 e. The van der Waals surface area contributed by atoms with Crippen molar-refractivity contribution in [2.24, 2.45) is 11.8 Å². The maximum atomic E-state index is 14.7. The standard InChI is InChI=1S/C38H44F4N6O6/c1-6-20(4)29(44-28(49)18-22-12-9-10-15-26(22)39)33(50)47-37(17-16-27-24(19-37)23-13-11-14-25(31(23)43-27)38(40,41)42)36(52)45-30(21(5)7-2)34-46-32(48-54-34)35(51)53-8-3/h9-15,20-21,29-30,43H,6-8,16-19H2,1-5H3,(H,44,49)(H,45,52)(H,47,50)/t20-,21?,29?,30+,37-/m1/s1. The second-order valence-electron chi connectivity index (χ2n) is 13.8. The van der Waals surface area contributed by atoms with Crippen LogP contribution in [0.5, 0.6) is 0 Å². The molecule has 2 unspecified atom stereocenters. The molecule has 2 aromatic heterocycles. The summed E-state index contributed by atoms with van der Waals surface area (Å²) in [6, 6.07) is 7.45. The van der Waals surface area contributed by atoms with Crippen LogP contribution in [-0.2, 0) is 44.6 Å². The summed E-state index contributed by atoms with van der Waals surface area (Å²) in [5, 5.41) is 12.5. The second-order valence-corrected chi connectivity index (χ2v) is 13.8. The van der Waals surface area contributed by atoms with Gasteiger partial charge in [0.15, 0.2) is 0 Å². The lowest BCUT2D eigenvalue weighted by Gasteiger charge is -2.39. The van der Waals surface area contributed by atoms with E-state index in [4.69, 9.17) is 9.26 Å². The van der Waals surface area contributed by atoms with Crippen molar-refractivity contribution in [2.45, 2.75) is 96.9 Å². The molecule has 0 spiro atoms. The van der Waals surface area contributed by atoms with Crippen LogP contribution < -0.4 is 16.0 Å². The minimum absolute atomic E-state index is 0.0344. The molecule has 2 heterocycles. The van der Waals surface area contributed by atoms with E-state index >= 15 is 0 Å². The Hall–Kier alpha value is -5.28. The summed E-state index contributed by atoms with van der Waals surface area (Å²) in [4.78, 5) is 61.7. The van der Waals surface area contributed by atoms with Gasteiger partial charge in [-0.1, -0.05) is 70.9 Å². The van der Waals surface area contributed by atoms with E-state index in [9.17, 15) is 36.7 Å². The van der Waals surface area contributed by atoms with Crippen molar-refractivity contribution in [1.29, 1.82) is 0 Å². The van der Waals surface area contributed by atoms with Gasteiger partial charge >= 0.3 is 12.1 Å². The first kappa shape index (κ1) is 39.9. The predicted octanol–water partition coefficient (Wildman–Crippen LogP) is 5.91. The van der Waals surface area contributed by atoms with Gasteiger partial charge in [-0.05, 0) is 60.0 Å². The zero-order valence-corrected chi connectivity index (χ0v) is 30.7. The molecule has 0 aliphatic heterocycles. The number of alkyl halides is 3. The fourth-order valence-electron chi connectivity index (χ4n) is 6.72. The van der Waals surface area contributed by atoms with Crippen LogP contribution >= 0.6 is 0 Å². The van der Waals surface area contributed by atoms with Gasteiger partial charge in [-0.15, -0.1) is 0 Å². The summed E-state index contributed by atoms with van der Waals surface area (Å²) in [5.74, 6) is -4.62. The van der Waals surface area contributed by atoms with Gasteiger partial charge in [-0.25, -0.2) is 9.18 Å². The normalized spacial score (nSPS) is 17.9. The molecule has 5 atom stereocenters. The van der Waals surface area contributed by atoms with Crippen molar-refractivity contribution in [3.63, 3.8) is 0 Å². The molecule has 0 bridgehead atoms. The summed E-state index contributed by atoms with van der Waals surface area (Å²) in [7, 11) is 0. The number of ether oxygens (including phenoxy) is 1. The highest BCUT2D eigenvalue weighted by Crippen LogP contribution is 2.40. The molecule has 12 nitrogen and oxygen atoms in total. The largest absolute Gasteiger partial charge is 0.460 e. The third kappa shape index (κ3) is 8.42. The third-order valence-electron chi connectivity index (χ3n) is 10.2. The van der Waals surface area contributed by atoms with E-state index in [0.717, 1.165) is 6.07 Å². The molecule has 0 fully saturated rings. The molecule has 16 heteroatoms. The average molecular weight is 757 g/mol. The van der Waals surface area contributed by atoms with Gasteiger partial charge in [0.2, 0.25) is 23.6 Å². The number of nitrogens with zero attached hydrogens (tertiary/aromatic N) is 2. The minimum atomic E-state index is -4.66. The van der Waals surface area contributed by atoms with Gasteiger partial charge in [0.1, 0.15) is 23.4 Å². The summed E-state index contributed by atoms with van der Waals surface area (Å²) in [6.45, 7) is 8.92. The second kappa shape index (κ2) is 16.4. The van der Waals surface area contributed by atoms with Crippen LogP contribution in [-0.4, -0.2) is 57.0 Å². The number of amides is 3. The zero-order chi connectivity index (χ0) is 39.4. The Morgan fingerprint density at radius 2 is 1.72 bits per heavy atom. The molecule has 2 aromatic carbocycles. The number of para-hydroxylation sites is 1. The third-order valence-corrected chi connectivity index (χ3v) is 10.2. The van der Waals surface area contributed by atoms with Crippen molar-refractivity contribution in [1.82, 2.24) is 31.1 Å². The first-order chi connectivity index (χ1) is 25.6. The van der Waals surface area contributed by atoms with E-state index in [-0.39, 0.29) is 66.4 Å². The molecule has 1 aliphatic rings. The molecule has 0 saturated carbocycles. The van der Waals surface area contributed by atoms with Gasteiger partial charge in [-0.3, -0.25) is 14.4 Å². The van der Waals surface area contributed by atoms with E-state index in [1.54, 1.807) is 19.9 Å². The van der Waals surface area contributed by atoms with Gasteiger partial charge < -0.3 is 30.2 Å². The molecular weight excluding hydrogens is 712 g/mol. The SMILES string of the molecule is CCOC(=O)c1noc([C@@H](NC(=O)[C@@]2(NC(=O)C(NC(=O)Cc3ccccc3F)[C@H](C)CC)CCc3[nH]c4c(C(F)(F)F)cccc4c3C2)C(C)CC)n1. The van der Waals surface area contributed by atoms with Gasteiger partial charge in [0.05, 0.1) is 24.1 Å². The van der Waals surface area contributed by atoms with Crippen LogP contribution in [0.2, 0.25) is 0 Å². The minimum Gasteiger partial charge on any atom is -0.460 e. The fourth-order valence-corrected chi connectivity index (χ4v) is 6.72. The Morgan fingerprint density at radius 3 is 2.39 bits per heavy atom.